The van der Waals surface area contributed by atoms with Crippen LogP contribution in [-0.4, -0.2) is 0 Å². The van der Waals surface area contributed by atoms with E-state index in [2.05, 4.69) is 169 Å². The zero-order chi connectivity index (χ0) is 29.0. The molecule has 0 spiro atoms. The maximum absolute atomic E-state index is 6.38. The number of rotatable bonds is 4. The first-order valence-electron chi connectivity index (χ1n) is 15.0. The third-order valence-electron chi connectivity index (χ3n) is 8.79. The first-order valence-corrected chi connectivity index (χ1v) is 15.0. The van der Waals surface area contributed by atoms with Crippen LogP contribution in [0.2, 0.25) is 0 Å². The zero-order valence-corrected chi connectivity index (χ0v) is 23.9. The van der Waals surface area contributed by atoms with Gasteiger partial charge in [-0.05, 0) is 86.6 Å². The van der Waals surface area contributed by atoms with E-state index in [9.17, 15) is 0 Å². The van der Waals surface area contributed by atoms with Crippen molar-refractivity contribution in [2.75, 3.05) is 4.90 Å². The van der Waals surface area contributed by atoms with Crippen molar-refractivity contribution in [3.8, 4) is 11.1 Å². The van der Waals surface area contributed by atoms with Crippen molar-refractivity contribution in [1.82, 2.24) is 0 Å². The topological polar surface area (TPSA) is 16.4 Å². The van der Waals surface area contributed by atoms with Crippen LogP contribution in [0.5, 0.6) is 0 Å². The summed E-state index contributed by atoms with van der Waals surface area (Å²) in [5, 5.41) is 9.54. The minimum absolute atomic E-state index is 0.890. The number of anilines is 3. The van der Waals surface area contributed by atoms with Gasteiger partial charge in [0.25, 0.3) is 0 Å². The fourth-order valence-corrected chi connectivity index (χ4v) is 6.71. The Bertz CT molecular complexity index is 2510. The highest BCUT2D eigenvalue weighted by Crippen LogP contribution is 2.43. The first-order chi connectivity index (χ1) is 21.8. The van der Waals surface area contributed by atoms with Gasteiger partial charge in [0.15, 0.2) is 0 Å². The van der Waals surface area contributed by atoms with Crippen LogP contribution in [-0.2, 0) is 0 Å². The van der Waals surface area contributed by atoms with Crippen molar-refractivity contribution in [1.29, 1.82) is 0 Å². The van der Waals surface area contributed by atoms with Crippen molar-refractivity contribution in [2.24, 2.45) is 0 Å². The first kappa shape index (κ1) is 24.7. The standard InChI is InChI=1S/C42H27NO/c1-2-13-31-26-42-38(25-30(31)12-1)39-27-34(22-23-41(39)44-42)43(40-21-9-15-29-11-4-6-19-37(29)40)33-17-7-16-32(24-33)36-20-8-14-28-10-3-5-18-35(28)36/h1-27H. The summed E-state index contributed by atoms with van der Waals surface area (Å²) in [6, 6.07) is 58.7. The van der Waals surface area contributed by atoms with Gasteiger partial charge in [-0.25, -0.2) is 0 Å². The molecular weight excluding hydrogens is 534 g/mol. The van der Waals surface area contributed by atoms with E-state index in [1.54, 1.807) is 0 Å². The Morgan fingerprint density at radius 1 is 0.364 bits per heavy atom. The summed E-state index contributed by atoms with van der Waals surface area (Å²) in [5.74, 6) is 0. The minimum atomic E-state index is 0.890. The minimum Gasteiger partial charge on any atom is -0.456 e. The van der Waals surface area contributed by atoms with Gasteiger partial charge in [0, 0.05) is 27.5 Å². The van der Waals surface area contributed by atoms with E-state index in [0.29, 0.717) is 0 Å². The van der Waals surface area contributed by atoms with Gasteiger partial charge in [-0.3, -0.25) is 0 Å². The zero-order valence-electron chi connectivity index (χ0n) is 23.9. The maximum atomic E-state index is 6.38. The molecule has 9 rings (SSSR count). The van der Waals surface area contributed by atoms with E-state index >= 15 is 0 Å². The van der Waals surface area contributed by atoms with E-state index in [1.165, 1.54) is 43.4 Å². The predicted molar refractivity (Wildman–Crippen MR) is 186 cm³/mol. The SMILES string of the molecule is c1cc(-c2cccc3ccccc23)cc(N(c2ccc3oc4cc5ccccc5cc4c3c2)c2cccc3ccccc23)c1. The Morgan fingerprint density at radius 3 is 1.82 bits per heavy atom. The molecule has 0 atom stereocenters. The van der Waals surface area contributed by atoms with Gasteiger partial charge in [-0.1, -0.05) is 115 Å². The number of hydrogen-bond acceptors (Lipinski definition) is 2. The molecule has 0 saturated heterocycles. The van der Waals surface area contributed by atoms with E-state index in [4.69, 9.17) is 4.42 Å². The van der Waals surface area contributed by atoms with E-state index in [0.717, 1.165) is 39.0 Å². The van der Waals surface area contributed by atoms with Gasteiger partial charge in [0.1, 0.15) is 11.2 Å². The van der Waals surface area contributed by atoms with Gasteiger partial charge < -0.3 is 9.32 Å². The Hall–Kier alpha value is -5.86. The molecule has 0 unspecified atom stereocenters. The molecule has 1 aromatic heterocycles. The van der Waals surface area contributed by atoms with Gasteiger partial charge in [-0.2, -0.15) is 0 Å². The third kappa shape index (κ3) is 3.96. The average Bonchev–Trinajstić information content (AvgIpc) is 3.44. The second-order valence-corrected chi connectivity index (χ2v) is 11.4. The summed E-state index contributed by atoms with van der Waals surface area (Å²) < 4.78 is 6.38. The lowest BCUT2D eigenvalue weighted by atomic mass is 9.97. The molecule has 2 heteroatoms. The van der Waals surface area contributed by atoms with Gasteiger partial charge in [-0.15, -0.1) is 0 Å². The Morgan fingerprint density at radius 2 is 0.977 bits per heavy atom. The van der Waals surface area contributed by atoms with Gasteiger partial charge >= 0.3 is 0 Å². The van der Waals surface area contributed by atoms with Crippen molar-refractivity contribution in [3.05, 3.63) is 164 Å². The fourth-order valence-electron chi connectivity index (χ4n) is 6.71. The summed E-state index contributed by atoms with van der Waals surface area (Å²) in [6.07, 6.45) is 0. The molecule has 0 radical (unpaired) electrons. The number of nitrogens with zero attached hydrogens (tertiary/aromatic N) is 1. The van der Waals surface area contributed by atoms with Crippen molar-refractivity contribution >= 4 is 71.3 Å². The third-order valence-corrected chi connectivity index (χ3v) is 8.79. The fraction of sp³-hybridized carbons (Fsp3) is 0. The molecule has 8 aromatic carbocycles. The highest BCUT2D eigenvalue weighted by Gasteiger charge is 2.18. The molecule has 0 aliphatic heterocycles. The monoisotopic (exact) mass is 561 g/mol. The lowest BCUT2D eigenvalue weighted by Crippen LogP contribution is -2.10. The summed E-state index contributed by atoms with van der Waals surface area (Å²) in [6.45, 7) is 0. The number of hydrogen-bond donors (Lipinski definition) is 0. The normalized spacial score (nSPS) is 11.6. The van der Waals surface area contributed by atoms with E-state index < -0.39 is 0 Å². The van der Waals surface area contributed by atoms with Crippen LogP contribution in [0, 0.1) is 0 Å². The van der Waals surface area contributed by atoms with Crippen LogP contribution >= 0.6 is 0 Å². The van der Waals surface area contributed by atoms with Crippen LogP contribution in [0.25, 0.3) is 65.4 Å². The molecule has 206 valence electrons. The summed E-state index contributed by atoms with van der Waals surface area (Å²) in [4.78, 5) is 2.39. The van der Waals surface area contributed by atoms with E-state index in [-0.39, 0.29) is 0 Å². The van der Waals surface area contributed by atoms with Crippen molar-refractivity contribution < 1.29 is 4.42 Å². The number of benzene rings is 8. The van der Waals surface area contributed by atoms with Crippen LogP contribution in [0.1, 0.15) is 0 Å². The molecule has 0 saturated carbocycles. The molecule has 0 N–H and O–H groups in total. The molecule has 44 heavy (non-hydrogen) atoms. The molecule has 9 aromatic rings. The number of furan rings is 1. The van der Waals surface area contributed by atoms with Gasteiger partial charge in [0.2, 0.25) is 0 Å². The Labute approximate surface area is 255 Å². The van der Waals surface area contributed by atoms with Crippen LogP contribution in [0.3, 0.4) is 0 Å². The molecule has 2 nitrogen and oxygen atoms in total. The van der Waals surface area contributed by atoms with Crippen LogP contribution in [0.4, 0.5) is 17.1 Å². The summed E-state index contributed by atoms with van der Waals surface area (Å²) >= 11 is 0. The summed E-state index contributed by atoms with van der Waals surface area (Å²) in [5.41, 5.74) is 7.53. The van der Waals surface area contributed by atoms with Gasteiger partial charge in [0.05, 0.1) is 5.69 Å². The number of fused-ring (bicyclic) bond motifs is 6. The van der Waals surface area contributed by atoms with Crippen molar-refractivity contribution in [3.63, 3.8) is 0 Å². The molecule has 0 fully saturated rings. The van der Waals surface area contributed by atoms with E-state index in [1.807, 2.05) is 0 Å². The molecule has 0 bridgehead atoms. The van der Waals surface area contributed by atoms with Crippen molar-refractivity contribution in [2.45, 2.75) is 0 Å². The second kappa shape index (κ2) is 9.86. The molecule has 0 aliphatic carbocycles. The summed E-state index contributed by atoms with van der Waals surface area (Å²) in [7, 11) is 0. The molecule has 1 heterocycles. The average molecular weight is 562 g/mol. The predicted octanol–water partition coefficient (Wildman–Crippen LogP) is 12.2. The highest BCUT2D eigenvalue weighted by atomic mass is 16.3. The highest BCUT2D eigenvalue weighted by molar-refractivity contribution is 6.11. The van der Waals surface area contributed by atoms with Crippen LogP contribution < -0.4 is 4.90 Å². The molecular formula is C42H27NO. The lowest BCUT2D eigenvalue weighted by Gasteiger charge is -2.27. The Balaban J connectivity index is 1.29. The second-order valence-electron chi connectivity index (χ2n) is 11.4. The maximum Gasteiger partial charge on any atom is 0.136 e. The Kier molecular flexibility index (Phi) is 5.54. The molecule has 0 amide bonds. The largest absolute Gasteiger partial charge is 0.456 e. The smallest absolute Gasteiger partial charge is 0.136 e. The quantitative estimate of drug-likeness (QED) is 0.212. The van der Waals surface area contributed by atoms with Crippen LogP contribution in [0.15, 0.2) is 168 Å². The molecule has 0 aliphatic rings. The lowest BCUT2D eigenvalue weighted by molar-refractivity contribution is 0.669.